The van der Waals surface area contributed by atoms with Crippen LogP contribution in [0.3, 0.4) is 0 Å². The molecule has 0 aromatic heterocycles. The van der Waals surface area contributed by atoms with Gasteiger partial charge in [0.1, 0.15) is 10.1 Å². The first-order chi connectivity index (χ1) is 9.49. The van der Waals surface area contributed by atoms with Crippen molar-refractivity contribution in [1.82, 2.24) is 0 Å². The summed E-state index contributed by atoms with van der Waals surface area (Å²) in [6.07, 6.45) is 0.961. The van der Waals surface area contributed by atoms with Gasteiger partial charge in [0, 0.05) is 0 Å². The summed E-state index contributed by atoms with van der Waals surface area (Å²) >= 11 is 0. The maximum absolute atomic E-state index is 10.8. The molecule has 7 heteroatoms. The van der Waals surface area contributed by atoms with Crippen LogP contribution in [0.25, 0.3) is 0 Å². The van der Waals surface area contributed by atoms with Gasteiger partial charge in [-0.2, -0.15) is 10.2 Å². The van der Waals surface area contributed by atoms with Crippen molar-refractivity contribution < 1.29 is 42.5 Å². The predicted molar refractivity (Wildman–Crippen MR) is 74.4 cm³/mol. The smallest absolute Gasteiger partial charge is 0.744 e. The number of aryl methyl sites for hydroxylation is 1. The Morgan fingerprint density at radius 1 is 0.905 bits per heavy atom. The van der Waals surface area contributed by atoms with Crippen LogP contribution in [0.5, 0.6) is 0 Å². The van der Waals surface area contributed by atoms with Crippen molar-refractivity contribution in [3.05, 3.63) is 54.1 Å². The largest absolute Gasteiger partial charge is 1.00 e. The van der Waals surface area contributed by atoms with Gasteiger partial charge >= 0.3 is 29.6 Å². The first-order valence-electron chi connectivity index (χ1n) is 6.05. The number of azo groups is 1. The first kappa shape index (κ1) is 18.0. The van der Waals surface area contributed by atoms with Crippen molar-refractivity contribution in [1.29, 1.82) is 0 Å². The number of rotatable bonds is 4. The Hall–Kier alpha value is -1.05. The van der Waals surface area contributed by atoms with Crippen molar-refractivity contribution in [2.24, 2.45) is 10.2 Å². The average molecular weight is 312 g/mol. The molecule has 104 valence electrons. The Labute approximate surface area is 146 Å². The monoisotopic (exact) mass is 312 g/mol. The van der Waals surface area contributed by atoms with Gasteiger partial charge < -0.3 is 4.55 Å². The van der Waals surface area contributed by atoms with Crippen LogP contribution >= 0.6 is 0 Å². The Bertz CT molecular complexity index is 711. The van der Waals surface area contributed by atoms with E-state index in [9.17, 15) is 13.0 Å². The summed E-state index contributed by atoms with van der Waals surface area (Å²) in [5.74, 6) is 0. The molecule has 2 aromatic carbocycles. The number of benzene rings is 2. The molecule has 2 aromatic rings. The molecule has 0 bridgehead atoms. The van der Waals surface area contributed by atoms with Gasteiger partial charge in [-0.25, -0.2) is 8.42 Å². The van der Waals surface area contributed by atoms with Crippen LogP contribution in [0.4, 0.5) is 11.4 Å². The fourth-order valence-electron chi connectivity index (χ4n) is 1.59. The van der Waals surface area contributed by atoms with Crippen molar-refractivity contribution in [3.8, 4) is 0 Å². The van der Waals surface area contributed by atoms with E-state index in [1.54, 1.807) is 0 Å². The number of nitrogens with zero attached hydrogens (tertiary/aromatic N) is 2. The minimum absolute atomic E-state index is 0. The van der Waals surface area contributed by atoms with E-state index < -0.39 is 10.1 Å². The number of hydrogen-bond acceptors (Lipinski definition) is 5. The fourth-order valence-corrected chi connectivity index (χ4v) is 2.06. The molecule has 5 nitrogen and oxygen atoms in total. The molecule has 0 saturated carbocycles. The summed E-state index contributed by atoms with van der Waals surface area (Å²) < 4.78 is 32.3. The van der Waals surface area contributed by atoms with Gasteiger partial charge in [0.15, 0.2) is 0 Å². The van der Waals surface area contributed by atoms with Crippen molar-refractivity contribution in [3.63, 3.8) is 0 Å². The van der Waals surface area contributed by atoms with E-state index in [0.717, 1.165) is 6.42 Å². The zero-order chi connectivity index (χ0) is 14.6. The summed E-state index contributed by atoms with van der Waals surface area (Å²) in [6.45, 7) is 2.07. The predicted octanol–water partition coefficient (Wildman–Crippen LogP) is 0.572. The topological polar surface area (TPSA) is 81.9 Å². The second kappa shape index (κ2) is 7.82. The Morgan fingerprint density at radius 2 is 1.33 bits per heavy atom. The zero-order valence-electron chi connectivity index (χ0n) is 11.9. The fraction of sp³-hybridized carbons (Fsp3) is 0.143. The molecule has 0 fully saturated rings. The van der Waals surface area contributed by atoms with E-state index in [1.807, 2.05) is 24.3 Å². The molecular weight excluding hydrogens is 299 g/mol. The van der Waals surface area contributed by atoms with Gasteiger partial charge in [-0.3, -0.25) is 0 Å². The standard InChI is InChI=1S/C14H14N2O3S.Na/c1-2-11-3-5-12(6-4-11)15-16-13-7-9-14(10-8-13)20(17,18)19;/h3-10H,2H2,1H3,(H,17,18,19);/q;+1/p-1. The van der Waals surface area contributed by atoms with Gasteiger partial charge in [0.05, 0.1) is 16.3 Å². The summed E-state index contributed by atoms with van der Waals surface area (Å²) in [4.78, 5) is -0.274. The normalized spacial score (nSPS) is 11.3. The summed E-state index contributed by atoms with van der Waals surface area (Å²) in [6, 6.07) is 13.0. The second-order valence-corrected chi connectivity index (χ2v) is 5.55. The molecule has 0 aliphatic rings. The van der Waals surface area contributed by atoms with Crippen LogP contribution in [-0.2, 0) is 16.5 Å². The molecule has 0 aliphatic carbocycles. The molecule has 0 spiro atoms. The van der Waals surface area contributed by atoms with Crippen LogP contribution in [0.15, 0.2) is 63.7 Å². The van der Waals surface area contributed by atoms with E-state index in [0.29, 0.717) is 11.4 Å². The van der Waals surface area contributed by atoms with Gasteiger partial charge in [0.2, 0.25) is 0 Å². The van der Waals surface area contributed by atoms with Crippen LogP contribution in [-0.4, -0.2) is 13.0 Å². The van der Waals surface area contributed by atoms with Crippen LogP contribution in [0.1, 0.15) is 12.5 Å². The van der Waals surface area contributed by atoms with Gasteiger partial charge in [-0.05, 0) is 48.4 Å². The maximum atomic E-state index is 10.8. The number of hydrogen-bond donors (Lipinski definition) is 0. The van der Waals surface area contributed by atoms with E-state index in [4.69, 9.17) is 0 Å². The zero-order valence-corrected chi connectivity index (χ0v) is 14.7. The average Bonchev–Trinajstić information content (AvgIpc) is 2.45. The molecule has 0 unspecified atom stereocenters. The van der Waals surface area contributed by atoms with Crippen molar-refractivity contribution in [2.75, 3.05) is 0 Å². The van der Waals surface area contributed by atoms with E-state index >= 15 is 0 Å². The molecule has 0 saturated heterocycles. The molecular formula is C14H13N2NaO3S. The van der Waals surface area contributed by atoms with Gasteiger partial charge in [0.25, 0.3) is 0 Å². The minimum Gasteiger partial charge on any atom is -0.744 e. The quantitative estimate of drug-likeness (QED) is 0.470. The maximum Gasteiger partial charge on any atom is 1.00 e. The molecule has 2 rings (SSSR count). The van der Waals surface area contributed by atoms with Crippen molar-refractivity contribution in [2.45, 2.75) is 18.2 Å². The molecule has 21 heavy (non-hydrogen) atoms. The Kier molecular flexibility index (Phi) is 6.70. The van der Waals surface area contributed by atoms with Gasteiger partial charge in [-0.15, -0.1) is 0 Å². The third-order valence-corrected chi connectivity index (χ3v) is 3.60. The first-order valence-corrected chi connectivity index (χ1v) is 7.46. The van der Waals surface area contributed by atoms with E-state index in [-0.39, 0.29) is 34.5 Å². The van der Waals surface area contributed by atoms with Crippen molar-refractivity contribution >= 4 is 21.5 Å². The molecule has 0 N–H and O–H groups in total. The second-order valence-electron chi connectivity index (χ2n) is 4.17. The summed E-state index contributed by atoms with van der Waals surface area (Å²) in [5, 5.41) is 8.02. The van der Waals surface area contributed by atoms with Crippen LogP contribution in [0, 0.1) is 0 Å². The molecule has 0 radical (unpaired) electrons. The van der Waals surface area contributed by atoms with Crippen LogP contribution < -0.4 is 29.6 Å². The third-order valence-electron chi connectivity index (χ3n) is 2.75. The summed E-state index contributed by atoms with van der Waals surface area (Å²) in [5.41, 5.74) is 2.41. The van der Waals surface area contributed by atoms with E-state index in [1.165, 1.54) is 29.8 Å². The molecule has 0 heterocycles. The van der Waals surface area contributed by atoms with Gasteiger partial charge in [-0.1, -0.05) is 19.1 Å². The van der Waals surface area contributed by atoms with Crippen LogP contribution in [0.2, 0.25) is 0 Å². The minimum atomic E-state index is -4.42. The Morgan fingerprint density at radius 3 is 1.71 bits per heavy atom. The molecule has 0 aliphatic heterocycles. The summed E-state index contributed by atoms with van der Waals surface area (Å²) in [7, 11) is -4.42. The third kappa shape index (κ3) is 5.33. The van der Waals surface area contributed by atoms with E-state index in [2.05, 4.69) is 17.2 Å². The SMILES string of the molecule is CCc1ccc(N=Nc2ccc(S(=O)(=O)[O-])cc2)cc1.[Na+]. The molecule has 0 amide bonds. The Balaban J connectivity index is 0.00000220. The molecule has 0 atom stereocenters.